The van der Waals surface area contributed by atoms with Crippen LogP contribution in [0.1, 0.15) is 61.3 Å². The quantitative estimate of drug-likeness (QED) is 0.517. The van der Waals surface area contributed by atoms with Gasteiger partial charge in [0.2, 0.25) is 5.88 Å². The zero-order valence-electron chi connectivity index (χ0n) is 19.1. The van der Waals surface area contributed by atoms with Gasteiger partial charge in [-0.3, -0.25) is 4.79 Å². The second-order valence-electron chi connectivity index (χ2n) is 8.83. The van der Waals surface area contributed by atoms with Gasteiger partial charge in [0, 0.05) is 24.5 Å². The van der Waals surface area contributed by atoms with Gasteiger partial charge in [-0.15, -0.1) is 0 Å². The second-order valence-corrected chi connectivity index (χ2v) is 9.64. The van der Waals surface area contributed by atoms with Crippen molar-refractivity contribution in [3.63, 3.8) is 0 Å². The lowest BCUT2D eigenvalue weighted by Crippen LogP contribution is -2.38. The maximum atomic E-state index is 13.5. The summed E-state index contributed by atoms with van der Waals surface area (Å²) in [5.74, 6) is 0.0870. The summed E-state index contributed by atoms with van der Waals surface area (Å²) >= 11 is 12.2. The second kappa shape index (κ2) is 10.7. The normalized spacial score (nSPS) is 15.6. The number of amides is 1. The number of aryl methyl sites for hydroxylation is 1. The Hall–Kier alpha value is -2.35. The van der Waals surface area contributed by atoms with Gasteiger partial charge in [-0.05, 0) is 51.5 Å². The number of ketones is 1. The van der Waals surface area contributed by atoms with Crippen LogP contribution in [0.5, 0.6) is 5.88 Å². The Kier molecular flexibility index (Phi) is 8.21. The Morgan fingerprint density at radius 2 is 1.82 bits per heavy atom. The minimum absolute atomic E-state index is 0.0324. The van der Waals surface area contributed by atoms with Crippen molar-refractivity contribution in [1.82, 2.24) is 10.3 Å². The molecule has 2 aromatic rings. The minimum atomic E-state index is -1.04. The first-order valence-corrected chi connectivity index (χ1v) is 11.5. The molecule has 7 nitrogen and oxygen atoms in total. The van der Waals surface area contributed by atoms with E-state index in [1.165, 1.54) is 0 Å². The number of carbonyl (C=O) groups is 2. The number of halogens is 2. The fourth-order valence-electron chi connectivity index (χ4n) is 3.40. The number of carbonyl (C=O) groups excluding carboxylic acids is 2. The van der Waals surface area contributed by atoms with Crippen LogP contribution >= 0.6 is 23.2 Å². The molecule has 1 fully saturated rings. The molecule has 1 N–H and O–H groups in total. The van der Waals surface area contributed by atoms with E-state index in [1.54, 1.807) is 58.0 Å². The van der Waals surface area contributed by atoms with E-state index in [-0.39, 0.29) is 16.9 Å². The summed E-state index contributed by atoms with van der Waals surface area (Å²) in [4.78, 5) is 30.5. The van der Waals surface area contributed by atoms with Crippen LogP contribution in [0.15, 0.2) is 30.3 Å². The van der Waals surface area contributed by atoms with Crippen LogP contribution < -0.4 is 10.1 Å². The van der Waals surface area contributed by atoms with E-state index in [1.807, 2.05) is 0 Å². The molecule has 1 aromatic heterocycles. The Morgan fingerprint density at radius 1 is 1.12 bits per heavy atom. The number of hydrogen-bond acceptors (Lipinski definition) is 6. The van der Waals surface area contributed by atoms with Gasteiger partial charge in [-0.2, -0.15) is 0 Å². The van der Waals surface area contributed by atoms with Gasteiger partial charge in [-0.1, -0.05) is 29.3 Å². The minimum Gasteiger partial charge on any atom is -0.474 e. The first kappa shape index (κ1) is 25.3. The predicted octanol–water partition coefficient (Wildman–Crippen LogP) is 5.70. The van der Waals surface area contributed by atoms with E-state index in [0.29, 0.717) is 40.9 Å². The van der Waals surface area contributed by atoms with Crippen LogP contribution in [0.4, 0.5) is 4.79 Å². The highest BCUT2D eigenvalue weighted by molar-refractivity contribution is 6.42. The molecule has 1 atom stereocenters. The van der Waals surface area contributed by atoms with Crippen molar-refractivity contribution in [3.05, 3.63) is 57.2 Å². The SMILES string of the molecule is Cc1nc(OC2CCOCC2)ccc1C(=O)C(NC(=O)OC(C)(C)C)c1ccc(Cl)c(Cl)c1. The Labute approximate surface area is 203 Å². The third-order valence-corrected chi connectivity index (χ3v) is 5.72. The van der Waals surface area contributed by atoms with Gasteiger partial charge in [0.1, 0.15) is 17.7 Å². The molecule has 1 aliphatic rings. The average molecular weight is 495 g/mol. The average Bonchev–Trinajstić information content (AvgIpc) is 2.73. The highest BCUT2D eigenvalue weighted by Gasteiger charge is 2.29. The molecule has 0 radical (unpaired) electrons. The van der Waals surface area contributed by atoms with E-state index in [2.05, 4.69) is 10.3 Å². The molecule has 33 heavy (non-hydrogen) atoms. The molecule has 0 aliphatic carbocycles. The highest BCUT2D eigenvalue weighted by Crippen LogP contribution is 2.29. The molecule has 178 valence electrons. The van der Waals surface area contributed by atoms with Crippen LogP contribution in [-0.2, 0) is 9.47 Å². The number of ether oxygens (including phenoxy) is 3. The summed E-state index contributed by atoms with van der Waals surface area (Å²) in [7, 11) is 0. The maximum Gasteiger partial charge on any atom is 0.408 e. The molecule has 3 rings (SSSR count). The first-order chi connectivity index (χ1) is 15.5. The number of rotatable bonds is 6. The monoisotopic (exact) mass is 494 g/mol. The standard InChI is InChI=1S/C24H28Cl2N2O5/c1-14-17(6-8-20(27-14)32-16-9-11-31-12-10-16)22(29)21(28-23(30)33-24(2,3)4)15-5-7-18(25)19(26)13-15/h5-8,13,16,21H,9-12H2,1-4H3,(H,28,30). The lowest BCUT2D eigenvalue weighted by atomic mass is 9.96. The number of aromatic nitrogens is 1. The summed E-state index contributed by atoms with van der Waals surface area (Å²) < 4.78 is 16.6. The van der Waals surface area contributed by atoms with E-state index in [4.69, 9.17) is 37.4 Å². The van der Waals surface area contributed by atoms with Crippen LogP contribution in [0, 0.1) is 6.92 Å². The third kappa shape index (κ3) is 7.06. The molecular weight excluding hydrogens is 467 g/mol. The predicted molar refractivity (Wildman–Crippen MR) is 126 cm³/mol. The van der Waals surface area contributed by atoms with Crippen LogP contribution in [0.3, 0.4) is 0 Å². The number of nitrogens with zero attached hydrogens (tertiary/aromatic N) is 1. The van der Waals surface area contributed by atoms with Crippen molar-refractivity contribution in [2.75, 3.05) is 13.2 Å². The molecule has 2 heterocycles. The van der Waals surface area contributed by atoms with Crippen LogP contribution in [0.25, 0.3) is 0 Å². The number of Topliss-reactive ketones (excluding diaryl/α,β-unsaturated/α-hetero) is 1. The smallest absolute Gasteiger partial charge is 0.408 e. The van der Waals surface area contributed by atoms with Crippen molar-refractivity contribution in [1.29, 1.82) is 0 Å². The highest BCUT2D eigenvalue weighted by atomic mass is 35.5. The molecule has 0 spiro atoms. The Bertz CT molecular complexity index is 1020. The molecule has 9 heteroatoms. The van der Waals surface area contributed by atoms with Gasteiger partial charge in [-0.25, -0.2) is 9.78 Å². The zero-order chi connectivity index (χ0) is 24.2. The summed E-state index contributed by atoms with van der Waals surface area (Å²) in [6.07, 6.45) is 0.892. The lowest BCUT2D eigenvalue weighted by molar-refractivity contribution is 0.0236. The first-order valence-electron chi connectivity index (χ1n) is 10.7. The zero-order valence-corrected chi connectivity index (χ0v) is 20.6. The van der Waals surface area contributed by atoms with Gasteiger partial charge < -0.3 is 19.5 Å². The summed E-state index contributed by atoms with van der Waals surface area (Å²) in [5.41, 5.74) is 0.583. The van der Waals surface area contributed by atoms with E-state index in [0.717, 1.165) is 12.8 Å². The molecule has 0 saturated carbocycles. The summed E-state index contributed by atoms with van der Waals surface area (Å²) in [5, 5.41) is 3.27. The largest absolute Gasteiger partial charge is 0.474 e. The number of alkyl carbamates (subject to hydrolysis) is 1. The fourth-order valence-corrected chi connectivity index (χ4v) is 3.71. The third-order valence-electron chi connectivity index (χ3n) is 4.98. The van der Waals surface area contributed by atoms with Gasteiger partial charge >= 0.3 is 6.09 Å². The van der Waals surface area contributed by atoms with Crippen molar-refractivity contribution in [3.8, 4) is 5.88 Å². The molecule has 0 bridgehead atoms. The van der Waals surface area contributed by atoms with Gasteiger partial charge in [0.15, 0.2) is 5.78 Å². The molecular formula is C24H28Cl2N2O5. The topological polar surface area (TPSA) is 86.8 Å². The van der Waals surface area contributed by atoms with Crippen LogP contribution in [-0.4, -0.2) is 41.8 Å². The number of benzene rings is 1. The van der Waals surface area contributed by atoms with Crippen LogP contribution in [0.2, 0.25) is 10.0 Å². The van der Waals surface area contributed by atoms with Crippen molar-refractivity contribution in [2.45, 2.75) is 58.3 Å². The van der Waals surface area contributed by atoms with Gasteiger partial charge in [0.05, 0.1) is 29.0 Å². The van der Waals surface area contributed by atoms with Crippen molar-refractivity contribution in [2.24, 2.45) is 0 Å². The number of nitrogens with one attached hydrogen (secondary N) is 1. The van der Waals surface area contributed by atoms with E-state index >= 15 is 0 Å². The maximum absolute atomic E-state index is 13.5. The molecule has 1 amide bonds. The van der Waals surface area contributed by atoms with E-state index in [9.17, 15) is 9.59 Å². The fraction of sp³-hybridized carbons (Fsp3) is 0.458. The molecule has 1 aromatic carbocycles. The van der Waals surface area contributed by atoms with E-state index < -0.39 is 17.7 Å². The Morgan fingerprint density at radius 3 is 2.42 bits per heavy atom. The van der Waals surface area contributed by atoms with Crippen molar-refractivity contribution >= 4 is 35.1 Å². The number of pyridine rings is 1. The Balaban J connectivity index is 1.86. The molecule has 1 saturated heterocycles. The van der Waals surface area contributed by atoms with Crippen molar-refractivity contribution < 1.29 is 23.8 Å². The lowest BCUT2D eigenvalue weighted by Gasteiger charge is -2.24. The summed E-state index contributed by atoms with van der Waals surface area (Å²) in [6, 6.07) is 7.04. The molecule has 1 unspecified atom stereocenters. The summed E-state index contributed by atoms with van der Waals surface area (Å²) in [6.45, 7) is 8.27. The number of hydrogen-bond donors (Lipinski definition) is 1. The molecule has 1 aliphatic heterocycles. The van der Waals surface area contributed by atoms with Gasteiger partial charge in [0.25, 0.3) is 0 Å².